The van der Waals surface area contributed by atoms with Crippen LogP contribution >= 0.6 is 23.2 Å². The molecule has 0 saturated carbocycles. The number of nitrogens with zero attached hydrogens (tertiary/aromatic N) is 2. The van der Waals surface area contributed by atoms with E-state index in [1.807, 2.05) is 37.3 Å². The lowest BCUT2D eigenvalue weighted by Crippen LogP contribution is -2.31. The molecule has 108 valence electrons. The van der Waals surface area contributed by atoms with Crippen molar-refractivity contribution >= 4 is 40.6 Å². The van der Waals surface area contributed by atoms with Gasteiger partial charge >= 0.3 is 6.03 Å². The van der Waals surface area contributed by atoms with Gasteiger partial charge in [-0.25, -0.2) is 4.79 Å². The van der Waals surface area contributed by atoms with Gasteiger partial charge in [-0.15, -0.1) is 0 Å². The summed E-state index contributed by atoms with van der Waals surface area (Å²) in [6.07, 6.45) is 0. The van der Waals surface area contributed by atoms with Crippen molar-refractivity contribution in [3.63, 3.8) is 0 Å². The summed E-state index contributed by atoms with van der Waals surface area (Å²) in [7, 11) is 0. The zero-order valence-corrected chi connectivity index (χ0v) is 13.0. The number of rotatable bonds is 2. The molecule has 21 heavy (non-hydrogen) atoms. The Labute approximate surface area is 133 Å². The second kappa shape index (κ2) is 5.58. The number of carbonyl (C=O) groups excluding carboxylic acids is 1. The summed E-state index contributed by atoms with van der Waals surface area (Å²) in [5, 5.41) is 0.943. The van der Waals surface area contributed by atoms with Crippen LogP contribution in [0.4, 0.5) is 16.2 Å². The first kappa shape index (κ1) is 14.2. The quantitative estimate of drug-likeness (QED) is 0.783. The molecule has 3 rings (SSSR count). The first-order valence-electron chi connectivity index (χ1n) is 6.67. The minimum atomic E-state index is -0.0442. The van der Waals surface area contributed by atoms with Crippen molar-refractivity contribution in [2.24, 2.45) is 0 Å². The number of amides is 2. The van der Waals surface area contributed by atoms with Crippen molar-refractivity contribution in [2.75, 3.05) is 22.9 Å². The maximum Gasteiger partial charge on any atom is 0.329 e. The molecule has 0 N–H and O–H groups in total. The molecule has 1 heterocycles. The number of hydrogen-bond donors (Lipinski definition) is 0. The third kappa shape index (κ3) is 2.71. The maximum atomic E-state index is 12.6. The van der Waals surface area contributed by atoms with E-state index in [2.05, 4.69) is 0 Å². The Morgan fingerprint density at radius 1 is 0.857 bits per heavy atom. The number of urea groups is 1. The lowest BCUT2D eigenvalue weighted by molar-refractivity contribution is 0.256. The summed E-state index contributed by atoms with van der Waals surface area (Å²) in [5.74, 6) is 0. The molecule has 0 radical (unpaired) electrons. The minimum Gasteiger partial charge on any atom is -0.292 e. The average molecular weight is 321 g/mol. The van der Waals surface area contributed by atoms with E-state index in [0.717, 1.165) is 11.4 Å². The molecular weight excluding hydrogens is 307 g/mol. The Kier molecular flexibility index (Phi) is 3.79. The van der Waals surface area contributed by atoms with Gasteiger partial charge in [-0.05, 0) is 37.3 Å². The number of aryl methyl sites for hydroxylation is 1. The van der Waals surface area contributed by atoms with Gasteiger partial charge in [0, 0.05) is 24.5 Å². The number of anilines is 2. The van der Waals surface area contributed by atoms with Crippen LogP contribution in [-0.4, -0.2) is 19.1 Å². The molecule has 0 unspecified atom stereocenters. The van der Waals surface area contributed by atoms with Crippen LogP contribution in [0.15, 0.2) is 42.5 Å². The minimum absolute atomic E-state index is 0.0442. The number of carbonyl (C=O) groups is 1. The SMILES string of the molecule is Cc1ccc(N2CCN(c3ccc(Cl)c(Cl)c3)C2=O)cc1. The number of halogens is 2. The molecule has 0 spiro atoms. The smallest absolute Gasteiger partial charge is 0.292 e. The van der Waals surface area contributed by atoms with Crippen molar-refractivity contribution in [2.45, 2.75) is 6.92 Å². The highest BCUT2D eigenvalue weighted by atomic mass is 35.5. The molecule has 2 amide bonds. The third-order valence-corrected chi connectivity index (χ3v) is 4.31. The third-order valence-electron chi connectivity index (χ3n) is 3.57. The van der Waals surface area contributed by atoms with E-state index in [-0.39, 0.29) is 6.03 Å². The zero-order valence-electron chi connectivity index (χ0n) is 11.5. The Bertz CT molecular complexity index is 685. The van der Waals surface area contributed by atoms with Crippen molar-refractivity contribution in [3.05, 3.63) is 58.1 Å². The van der Waals surface area contributed by atoms with Gasteiger partial charge in [-0.3, -0.25) is 9.80 Å². The van der Waals surface area contributed by atoms with Crippen LogP contribution in [0, 0.1) is 6.92 Å². The van der Waals surface area contributed by atoms with E-state index >= 15 is 0 Å². The fourth-order valence-electron chi connectivity index (χ4n) is 2.39. The Morgan fingerprint density at radius 2 is 1.43 bits per heavy atom. The van der Waals surface area contributed by atoms with Gasteiger partial charge in [-0.2, -0.15) is 0 Å². The van der Waals surface area contributed by atoms with Gasteiger partial charge in [-0.1, -0.05) is 40.9 Å². The fourth-order valence-corrected chi connectivity index (χ4v) is 2.69. The highest BCUT2D eigenvalue weighted by molar-refractivity contribution is 6.42. The van der Waals surface area contributed by atoms with E-state index in [4.69, 9.17) is 23.2 Å². The second-order valence-corrected chi connectivity index (χ2v) is 5.83. The van der Waals surface area contributed by atoms with E-state index < -0.39 is 0 Å². The predicted molar refractivity (Wildman–Crippen MR) is 87.7 cm³/mol. The molecule has 0 bridgehead atoms. The predicted octanol–water partition coefficient (Wildman–Crippen LogP) is 4.75. The standard InChI is InChI=1S/C16H14Cl2N2O/c1-11-2-4-12(5-3-11)19-8-9-20(16(19)21)13-6-7-14(17)15(18)10-13/h2-7,10H,8-9H2,1H3. The van der Waals surface area contributed by atoms with Gasteiger partial charge in [0.2, 0.25) is 0 Å². The zero-order chi connectivity index (χ0) is 15.0. The van der Waals surface area contributed by atoms with Crippen LogP contribution < -0.4 is 9.80 Å². The molecule has 0 aromatic heterocycles. The molecule has 5 heteroatoms. The van der Waals surface area contributed by atoms with Crippen molar-refractivity contribution < 1.29 is 4.79 Å². The van der Waals surface area contributed by atoms with Crippen LogP contribution in [-0.2, 0) is 0 Å². The first-order chi connectivity index (χ1) is 10.1. The highest BCUT2D eigenvalue weighted by Crippen LogP contribution is 2.30. The van der Waals surface area contributed by atoms with Crippen LogP contribution in [0.3, 0.4) is 0 Å². The van der Waals surface area contributed by atoms with Gasteiger partial charge in [0.25, 0.3) is 0 Å². The normalized spacial score (nSPS) is 14.9. The first-order valence-corrected chi connectivity index (χ1v) is 7.42. The fraction of sp³-hybridized carbons (Fsp3) is 0.188. The topological polar surface area (TPSA) is 23.6 Å². The second-order valence-electron chi connectivity index (χ2n) is 5.02. The van der Waals surface area contributed by atoms with Gasteiger partial charge < -0.3 is 0 Å². The Balaban J connectivity index is 1.86. The average Bonchev–Trinajstić information content (AvgIpc) is 2.85. The molecule has 2 aromatic carbocycles. The lowest BCUT2D eigenvalue weighted by atomic mass is 10.2. The van der Waals surface area contributed by atoms with E-state index in [0.29, 0.717) is 23.1 Å². The molecule has 0 atom stereocenters. The molecule has 1 aliphatic heterocycles. The highest BCUT2D eigenvalue weighted by Gasteiger charge is 2.30. The summed E-state index contributed by atoms with van der Waals surface area (Å²) < 4.78 is 0. The Morgan fingerprint density at radius 3 is 2.05 bits per heavy atom. The molecule has 3 nitrogen and oxygen atoms in total. The number of hydrogen-bond acceptors (Lipinski definition) is 1. The van der Waals surface area contributed by atoms with Crippen LogP contribution in [0.1, 0.15) is 5.56 Å². The van der Waals surface area contributed by atoms with Crippen molar-refractivity contribution in [1.29, 1.82) is 0 Å². The molecular formula is C16H14Cl2N2O. The van der Waals surface area contributed by atoms with Crippen molar-refractivity contribution in [3.8, 4) is 0 Å². The molecule has 0 aliphatic carbocycles. The summed E-state index contributed by atoms with van der Waals surface area (Å²) in [4.78, 5) is 16.0. The van der Waals surface area contributed by atoms with Crippen LogP contribution in [0.5, 0.6) is 0 Å². The summed E-state index contributed by atoms with van der Waals surface area (Å²) in [6, 6.07) is 13.1. The van der Waals surface area contributed by atoms with Crippen molar-refractivity contribution in [1.82, 2.24) is 0 Å². The summed E-state index contributed by atoms with van der Waals surface area (Å²) in [5.41, 5.74) is 2.85. The summed E-state index contributed by atoms with van der Waals surface area (Å²) >= 11 is 11.9. The molecule has 2 aromatic rings. The Hall–Kier alpha value is -1.71. The van der Waals surface area contributed by atoms with Gasteiger partial charge in [0.1, 0.15) is 0 Å². The maximum absolute atomic E-state index is 12.6. The summed E-state index contributed by atoms with van der Waals surface area (Å²) in [6.45, 7) is 3.31. The largest absolute Gasteiger partial charge is 0.329 e. The van der Waals surface area contributed by atoms with Gasteiger partial charge in [0.05, 0.1) is 10.0 Å². The van der Waals surface area contributed by atoms with E-state index in [1.165, 1.54) is 5.56 Å². The lowest BCUT2D eigenvalue weighted by Gasteiger charge is -2.19. The molecule has 1 saturated heterocycles. The van der Waals surface area contributed by atoms with Gasteiger partial charge in [0.15, 0.2) is 0 Å². The van der Waals surface area contributed by atoms with Crippen LogP contribution in [0.2, 0.25) is 10.0 Å². The van der Waals surface area contributed by atoms with Crippen LogP contribution in [0.25, 0.3) is 0 Å². The van der Waals surface area contributed by atoms with E-state index in [1.54, 1.807) is 21.9 Å². The number of benzene rings is 2. The molecule has 1 fully saturated rings. The van der Waals surface area contributed by atoms with E-state index in [9.17, 15) is 4.79 Å². The molecule has 1 aliphatic rings. The monoisotopic (exact) mass is 320 g/mol.